The predicted molar refractivity (Wildman–Crippen MR) is 88.4 cm³/mol. The van der Waals surface area contributed by atoms with Crippen molar-refractivity contribution in [2.24, 2.45) is 0 Å². The molecule has 3 aromatic rings. The molecule has 0 radical (unpaired) electrons. The second-order valence-corrected chi connectivity index (χ2v) is 5.32. The highest BCUT2D eigenvalue weighted by Gasteiger charge is 2.11. The van der Waals surface area contributed by atoms with E-state index in [1.165, 1.54) is 4.57 Å². The average molecular weight is 329 g/mol. The standard InChI is InChI=1S/C16H19N5O3/c1-3-4-7-24-15-18-9-12-14(20-15)21(16(22)19-12)10-11-5-6-13(23-2)17-8-11/h5-6,8-9H,3-4,7,10H2,1-2H3,(H,19,22). The molecule has 0 unspecified atom stereocenters. The Labute approximate surface area is 138 Å². The van der Waals surface area contributed by atoms with E-state index in [0.29, 0.717) is 30.2 Å². The smallest absolute Gasteiger partial charge is 0.328 e. The van der Waals surface area contributed by atoms with Crippen LogP contribution in [0, 0.1) is 0 Å². The molecule has 0 amide bonds. The molecule has 0 aromatic carbocycles. The highest BCUT2D eigenvalue weighted by Crippen LogP contribution is 2.13. The van der Waals surface area contributed by atoms with Crippen LogP contribution in [0.1, 0.15) is 25.3 Å². The average Bonchev–Trinajstić information content (AvgIpc) is 2.91. The number of H-pyrrole nitrogens is 1. The van der Waals surface area contributed by atoms with Crippen molar-refractivity contribution in [1.82, 2.24) is 24.5 Å². The van der Waals surface area contributed by atoms with Gasteiger partial charge < -0.3 is 14.5 Å². The highest BCUT2D eigenvalue weighted by molar-refractivity contribution is 5.69. The summed E-state index contributed by atoms with van der Waals surface area (Å²) >= 11 is 0. The summed E-state index contributed by atoms with van der Waals surface area (Å²) in [5, 5.41) is 0. The summed E-state index contributed by atoms with van der Waals surface area (Å²) in [5.74, 6) is 0.527. The number of imidazole rings is 1. The van der Waals surface area contributed by atoms with Gasteiger partial charge in [0.25, 0.3) is 0 Å². The SMILES string of the molecule is CCCCOc1ncc2[nH]c(=O)n(Cc3ccc(OC)nc3)c2n1. The molecule has 1 N–H and O–H groups in total. The number of hydrogen-bond acceptors (Lipinski definition) is 6. The Hall–Kier alpha value is -2.90. The van der Waals surface area contributed by atoms with Crippen molar-refractivity contribution >= 4 is 11.2 Å². The number of methoxy groups -OCH3 is 1. The van der Waals surface area contributed by atoms with E-state index < -0.39 is 0 Å². The van der Waals surface area contributed by atoms with Gasteiger partial charge in [0, 0.05) is 12.3 Å². The molecule has 0 aliphatic rings. The minimum atomic E-state index is -0.249. The lowest BCUT2D eigenvalue weighted by atomic mass is 10.3. The molecule has 24 heavy (non-hydrogen) atoms. The fourth-order valence-electron chi connectivity index (χ4n) is 2.26. The van der Waals surface area contributed by atoms with Crippen LogP contribution in [0.15, 0.2) is 29.3 Å². The largest absolute Gasteiger partial charge is 0.481 e. The number of unbranched alkanes of at least 4 members (excludes halogenated alkanes) is 1. The van der Waals surface area contributed by atoms with Gasteiger partial charge in [-0.25, -0.2) is 14.8 Å². The first-order valence-electron chi connectivity index (χ1n) is 7.78. The Bertz CT molecular complexity index is 870. The van der Waals surface area contributed by atoms with E-state index in [-0.39, 0.29) is 11.7 Å². The first kappa shape index (κ1) is 16.0. The Morgan fingerprint density at radius 3 is 2.83 bits per heavy atom. The second kappa shape index (κ2) is 7.12. The van der Waals surface area contributed by atoms with Crippen LogP contribution in [0.2, 0.25) is 0 Å². The zero-order valence-electron chi connectivity index (χ0n) is 13.7. The van der Waals surface area contributed by atoms with Crippen molar-refractivity contribution in [2.75, 3.05) is 13.7 Å². The van der Waals surface area contributed by atoms with Gasteiger partial charge in [-0.2, -0.15) is 4.98 Å². The molecular weight excluding hydrogens is 310 g/mol. The van der Waals surface area contributed by atoms with E-state index in [2.05, 4.69) is 26.9 Å². The van der Waals surface area contributed by atoms with Crippen molar-refractivity contribution < 1.29 is 9.47 Å². The number of nitrogens with zero attached hydrogens (tertiary/aromatic N) is 4. The van der Waals surface area contributed by atoms with Crippen molar-refractivity contribution in [3.05, 3.63) is 40.6 Å². The van der Waals surface area contributed by atoms with Crippen LogP contribution in [0.25, 0.3) is 11.2 Å². The summed E-state index contributed by atoms with van der Waals surface area (Å²) in [7, 11) is 1.56. The van der Waals surface area contributed by atoms with Gasteiger partial charge in [-0.15, -0.1) is 0 Å². The predicted octanol–water partition coefficient (Wildman–Crippen LogP) is 1.75. The fourth-order valence-corrected chi connectivity index (χ4v) is 2.26. The van der Waals surface area contributed by atoms with E-state index in [0.717, 1.165) is 18.4 Å². The topological polar surface area (TPSA) is 94.9 Å². The van der Waals surface area contributed by atoms with Crippen LogP contribution in [-0.4, -0.2) is 38.2 Å². The van der Waals surface area contributed by atoms with Crippen LogP contribution in [0.4, 0.5) is 0 Å². The monoisotopic (exact) mass is 329 g/mol. The summed E-state index contributed by atoms with van der Waals surface area (Å²) in [5.41, 5.74) is 1.70. The summed E-state index contributed by atoms with van der Waals surface area (Å²) in [6.45, 7) is 2.99. The molecule has 3 rings (SSSR count). The number of fused-ring (bicyclic) bond motifs is 1. The molecule has 0 aliphatic heterocycles. The lowest BCUT2D eigenvalue weighted by Crippen LogP contribution is -2.18. The van der Waals surface area contributed by atoms with Gasteiger partial charge in [0.1, 0.15) is 5.52 Å². The molecule has 0 saturated carbocycles. The van der Waals surface area contributed by atoms with Crippen LogP contribution < -0.4 is 15.2 Å². The summed E-state index contributed by atoms with van der Waals surface area (Å²) in [4.78, 5) is 27.6. The van der Waals surface area contributed by atoms with Crippen LogP contribution in [0.3, 0.4) is 0 Å². The zero-order chi connectivity index (χ0) is 16.9. The number of aromatic nitrogens is 5. The Morgan fingerprint density at radius 1 is 1.25 bits per heavy atom. The zero-order valence-corrected chi connectivity index (χ0v) is 13.7. The highest BCUT2D eigenvalue weighted by atomic mass is 16.5. The molecule has 3 heterocycles. The van der Waals surface area contributed by atoms with Crippen molar-refractivity contribution in [3.8, 4) is 11.9 Å². The molecule has 8 nitrogen and oxygen atoms in total. The van der Waals surface area contributed by atoms with Gasteiger partial charge in [0.05, 0.1) is 26.5 Å². The minimum Gasteiger partial charge on any atom is -0.481 e. The third kappa shape index (κ3) is 3.37. The third-order valence-electron chi connectivity index (χ3n) is 3.57. The van der Waals surface area contributed by atoms with Crippen LogP contribution in [0.5, 0.6) is 11.9 Å². The first-order valence-corrected chi connectivity index (χ1v) is 7.78. The quantitative estimate of drug-likeness (QED) is 0.664. The number of ether oxygens (including phenoxy) is 2. The molecule has 0 aliphatic carbocycles. The van der Waals surface area contributed by atoms with Crippen molar-refractivity contribution in [2.45, 2.75) is 26.3 Å². The number of pyridine rings is 1. The van der Waals surface area contributed by atoms with Gasteiger partial charge in [-0.3, -0.25) is 4.57 Å². The maximum Gasteiger partial charge on any atom is 0.328 e. The van der Waals surface area contributed by atoms with Gasteiger partial charge >= 0.3 is 11.7 Å². The van der Waals surface area contributed by atoms with E-state index in [4.69, 9.17) is 9.47 Å². The van der Waals surface area contributed by atoms with E-state index in [1.54, 1.807) is 25.6 Å². The molecular formula is C16H19N5O3. The molecule has 0 saturated heterocycles. The minimum absolute atomic E-state index is 0.249. The number of nitrogens with one attached hydrogen (secondary N) is 1. The van der Waals surface area contributed by atoms with Crippen LogP contribution >= 0.6 is 0 Å². The summed E-state index contributed by atoms with van der Waals surface area (Å²) < 4.78 is 12.1. The number of hydrogen-bond donors (Lipinski definition) is 1. The lowest BCUT2D eigenvalue weighted by Gasteiger charge is -2.06. The van der Waals surface area contributed by atoms with Crippen LogP contribution in [-0.2, 0) is 6.54 Å². The third-order valence-corrected chi connectivity index (χ3v) is 3.57. The second-order valence-electron chi connectivity index (χ2n) is 5.32. The van der Waals surface area contributed by atoms with Gasteiger partial charge in [-0.05, 0) is 12.0 Å². The maximum absolute atomic E-state index is 12.2. The van der Waals surface area contributed by atoms with Gasteiger partial charge in [-0.1, -0.05) is 19.4 Å². The summed E-state index contributed by atoms with van der Waals surface area (Å²) in [6.07, 6.45) is 5.19. The first-order chi connectivity index (χ1) is 11.7. The Balaban J connectivity index is 1.89. The fraction of sp³-hybridized carbons (Fsp3) is 0.375. The molecule has 126 valence electrons. The van der Waals surface area contributed by atoms with E-state index in [9.17, 15) is 4.79 Å². The number of rotatable bonds is 7. The maximum atomic E-state index is 12.2. The van der Waals surface area contributed by atoms with E-state index >= 15 is 0 Å². The Kier molecular flexibility index (Phi) is 4.74. The molecule has 8 heteroatoms. The lowest BCUT2D eigenvalue weighted by molar-refractivity contribution is 0.286. The Morgan fingerprint density at radius 2 is 2.12 bits per heavy atom. The number of aromatic amines is 1. The van der Waals surface area contributed by atoms with Crippen molar-refractivity contribution in [1.29, 1.82) is 0 Å². The molecule has 0 spiro atoms. The molecule has 0 atom stereocenters. The normalized spacial score (nSPS) is 10.9. The van der Waals surface area contributed by atoms with Gasteiger partial charge in [0.2, 0.25) is 5.88 Å². The molecule has 3 aromatic heterocycles. The molecule has 0 fully saturated rings. The van der Waals surface area contributed by atoms with E-state index in [1.807, 2.05) is 6.07 Å². The summed E-state index contributed by atoms with van der Waals surface area (Å²) in [6, 6.07) is 3.89. The van der Waals surface area contributed by atoms with Gasteiger partial charge in [0.15, 0.2) is 5.65 Å². The molecule has 0 bridgehead atoms. The van der Waals surface area contributed by atoms with Crippen molar-refractivity contribution in [3.63, 3.8) is 0 Å².